The molecule has 0 spiro atoms. The zero-order valence-electron chi connectivity index (χ0n) is 11.9. The van der Waals surface area contributed by atoms with Gasteiger partial charge in [0.05, 0.1) is 23.5 Å². The Hall–Kier alpha value is -1.56. The third-order valence-corrected chi connectivity index (χ3v) is 4.32. The Kier molecular flexibility index (Phi) is 4.65. The molecule has 5 nitrogen and oxygen atoms in total. The number of rotatable bonds is 2. The van der Waals surface area contributed by atoms with Gasteiger partial charge in [0.25, 0.3) is 0 Å². The molecule has 2 heterocycles. The highest BCUT2D eigenvalue weighted by Crippen LogP contribution is 2.30. The van der Waals surface area contributed by atoms with Gasteiger partial charge >= 0.3 is 6.03 Å². The van der Waals surface area contributed by atoms with Crippen molar-refractivity contribution in [3.63, 3.8) is 0 Å². The summed E-state index contributed by atoms with van der Waals surface area (Å²) < 4.78 is 5.88. The first kappa shape index (κ1) is 14.8. The standard InChI is InChI=1S/C14H18BrN3O2/c1-9-4-6-18(7-5-9)14(19)17-11-8-16-13(20-3)12(15)10(11)2/h4,8H,5-7H2,1-3H3,(H,17,19). The van der Waals surface area contributed by atoms with Crippen LogP contribution in [0.5, 0.6) is 5.88 Å². The van der Waals surface area contributed by atoms with Crippen LogP contribution in [-0.4, -0.2) is 36.1 Å². The highest BCUT2D eigenvalue weighted by molar-refractivity contribution is 9.10. The summed E-state index contributed by atoms with van der Waals surface area (Å²) >= 11 is 3.42. The minimum absolute atomic E-state index is 0.101. The average Bonchev–Trinajstić information content (AvgIpc) is 2.45. The lowest BCUT2D eigenvalue weighted by Crippen LogP contribution is -2.38. The molecular weight excluding hydrogens is 322 g/mol. The molecule has 20 heavy (non-hydrogen) atoms. The molecule has 1 N–H and O–H groups in total. The Bertz CT molecular complexity index is 558. The molecule has 0 saturated carbocycles. The fourth-order valence-electron chi connectivity index (χ4n) is 1.97. The van der Waals surface area contributed by atoms with Gasteiger partial charge in [0.2, 0.25) is 5.88 Å². The van der Waals surface area contributed by atoms with Gasteiger partial charge in [-0.3, -0.25) is 0 Å². The number of hydrogen-bond acceptors (Lipinski definition) is 3. The zero-order valence-corrected chi connectivity index (χ0v) is 13.5. The van der Waals surface area contributed by atoms with E-state index in [1.807, 2.05) is 6.92 Å². The van der Waals surface area contributed by atoms with Crippen molar-refractivity contribution >= 4 is 27.6 Å². The van der Waals surface area contributed by atoms with Crippen LogP contribution in [0, 0.1) is 6.92 Å². The molecule has 2 amide bonds. The molecular formula is C14H18BrN3O2. The molecule has 2 rings (SSSR count). The van der Waals surface area contributed by atoms with Crippen molar-refractivity contribution in [2.75, 3.05) is 25.5 Å². The topological polar surface area (TPSA) is 54.5 Å². The number of pyridine rings is 1. The summed E-state index contributed by atoms with van der Waals surface area (Å²) in [5, 5.41) is 2.90. The molecule has 0 atom stereocenters. The first-order chi connectivity index (χ1) is 9.52. The van der Waals surface area contributed by atoms with Crippen LogP contribution in [0.1, 0.15) is 18.9 Å². The lowest BCUT2D eigenvalue weighted by molar-refractivity contribution is 0.215. The van der Waals surface area contributed by atoms with Gasteiger partial charge in [0, 0.05) is 13.1 Å². The van der Waals surface area contributed by atoms with Crippen LogP contribution >= 0.6 is 15.9 Å². The van der Waals surface area contributed by atoms with Gasteiger partial charge in [-0.25, -0.2) is 9.78 Å². The quantitative estimate of drug-likeness (QED) is 0.840. The number of anilines is 1. The largest absolute Gasteiger partial charge is 0.480 e. The van der Waals surface area contributed by atoms with E-state index in [4.69, 9.17) is 4.74 Å². The zero-order chi connectivity index (χ0) is 14.7. The molecule has 0 radical (unpaired) electrons. The molecule has 0 aliphatic carbocycles. The van der Waals surface area contributed by atoms with E-state index in [9.17, 15) is 4.79 Å². The smallest absolute Gasteiger partial charge is 0.322 e. The fourth-order valence-corrected chi connectivity index (χ4v) is 2.45. The second-order valence-corrected chi connectivity index (χ2v) is 5.59. The van der Waals surface area contributed by atoms with Crippen molar-refractivity contribution < 1.29 is 9.53 Å². The number of amides is 2. The summed E-state index contributed by atoms with van der Waals surface area (Å²) in [5.41, 5.74) is 2.92. The Balaban J connectivity index is 2.10. The van der Waals surface area contributed by atoms with Gasteiger partial charge in [-0.15, -0.1) is 0 Å². The summed E-state index contributed by atoms with van der Waals surface area (Å²) in [6.07, 6.45) is 4.62. The third kappa shape index (κ3) is 3.12. The average molecular weight is 340 g/mol. The van der Waals surface area contributed by atoms with Gasteiger partial charge in [-0.1, -0.05) is 11.6 Å². The van der Waals surface area contributed by atoms with Crippen LogP contribution in [-0.2, 0) is 0 Å². The number of carbonyl (C=O) groups excluding carboxylic acids is 1. The van der Waals surface area contributed by atoms with Crippen molar-refractivity contribution in [1.82, 2.24) is 9.88 Å². The minimum Gasteiger partial charge on any atom is -0.480 e. The number of halogens is 1. The summed E-state index contributed by atoms with van der Waals surface area (Å²) in [4.78, 5) is 18.1. The Morgan fingerprint density at radius 3 is 2.85 bits per heavy atom. The molecule has 1 aliphatic rings. The van der Waals surface area contributed by atoms with Crippen molar-refractivity contribution in [2.24, 2.45) is 0 Å². The Morgan fingerprint density at radius 2 is 2.25 bits per heavy atom. The van der Waals surface area contributed by atoms with Crippen LogP contribution in [0.4, 0.5) is 10.5 Å². The van der Waals surface area contributed by atoms with Crippen molar-refractivity contribution in [3.05, 3.63) is 27.9 Å². The van der Waals surface area contributed by atoms with Gasteiger partial charge in [-0.05, 0) is 41.8 Å². The second kappa shape index (κ2) is 6.26. The molecule has 1 aromatic rings. The van der Waals surface area contributed by atoms with E-state index >= 15 is 0 Å². The molecule has 6 heteroatoms. The highest BCUT2D eigenvalue weighted by atomic mass is 79.9. The van der Waals surface area contributed by atoms with Crippen LogP contribution in [0.15, 0.2) is 22.3 Å². The van der Waals surface area contributed by atoms with E-state index in [0.717, 1.165) is 23.0 Å². The lowest BCUT2D eigenvalue weighted by Gasteiger charge is -2.26. The van der Waals surface area contributed by atoms with Gasteiger partial charge < -0.3 is 15.0 Å². The van der Waals surface area contributed by atoms with Crippen molar-refractivity contribution in [3.8, 4) is 5.88 Å². The number of methoxy groups -OCH3 is 1. The maximum absolute atomic E-state index is 12.2. The summed E-state index contributed by atoms with van der Waals surface area (Å²) in [5.74, 6) is 0.511. The Labute approximate surface area is 127 Å². The molecule has 1 aliphatic heterocycles. The van der Waals surface area contributed by atoms with E-state index in [2.05, 4.69) is 39.2 Å². The number of aromatic nitrogens is 1. The van der Waals surface area contributed by atoms with Gasteiger partial charge in [-0.2, -0.15) is 0 Å². The SMILES string of the molecule is COc1ncc(NC(=O)N2CC=C(C)CC2)c(C)c1Br. The van der Waals surface area contributed by atoms with E-state index in [0.29, 0.717) is 18.1 Å². The molecule has 108 valence electrons. The third-order valence-electron chi connectivity index (χ3n) is 3.39. The molecule has 0 aromatic carbocycles. The molecule has 0 unspecified atom stereocenters. The summed E-state index contributed by atoms with van der Waals surface area (Å²) in [6.45, 7) is 5.40. The number of carbonyl (C=O) groups is 1. The summed E-state index contributed by atoms with van der Waals surface area (Å²) in [6, 6.07) is -0.101. The number of ether oxygens (including phenoxy) is 1. The van der Waals surface area contributed by atoms with E-state index < -0.39 is 0 Å². The van der Waals surface area contributed by atoms with Crippen LogP contribution < -0.4 is 10.1 Å². The molecule has 1 aromatic heterocycles. The second-order valence-electron chi connectivity index (χ2n) is 4.80. The first-order valence-electron chi connectivity index (χ1n) is 6.43. The normalized spacial score (nSPS) is 14.8. The van der Waals surface area contributed by atoms with Crippen LogP contribution in [0.3, 0.4) is 0 Å². The number of nitrogens with zero attached hydrogens (tertiary/aromatic N) is 2. The Morgan fingerprint density at radius 1 is 1.50 bits per heavy atom. The van der Waals surface area contributed by atoms with Crippen molar-refractivity contribution in [2.45, 2.75) is 20.3 Å². The number of nitrogens with one attached hydrogen (secondary N) is 1. The van der Waals surface area contributed by atoms with Gasteiger partial charge in [0.1, 0.15) is 0 Å². The van der Waals surface area contributed by atoms with Crippen molar-refractivity contribution in [1.29, 1.82) is 0 Å². The fraction of sp³-hybridized carbons (Fsp3) is 0.429. The predicted octanol–water partition coefficient (Wildman–Crippen LogP) is 3.35. The minimum atomic E-state index is -0.101. The van der Waals surface area contributed by atoms with Crippen LogP contribution in [0.25, 0.3) is 0 Å². The number of urea groups is 1. The van der Waals surface area contributed by atoms with Crippen LogP contribution in [0.2, 0.25) is 0 Å². The predicted molar refractivity (Wildman–Crippen MR) is 82.2 cm³/mol. The maximum Gasteiger partial charge on any atom is 0.322 e. The van der Waals surface area contributed by atoms with E-state index in [-0.39, 0.29) is 6.03 Å². The lowest BCUT2D eigenvalue weighted by atomic mass is 10.1. The van der Waals surface area contributed by atoms with E-state index in [1.165, 1.54) is 5.57 Å². The monoisotopic (exact) mass is 339 g/mol. The summed E-state index contributed by atoms with van der Waals surface area (Å²) in [7, 11) is 1.56. The maximum atomic E-state index is 12.2. The molecule has 0 bridgehead atoms. The first-order valence-corrected chi connectivity index (χ1v) is 7.23. The molecule has 0 saturated heterocycles. The van der Waals surface area contributed by atoms with E-state index in [1.54, 1.807) is 18.2 Å². The number of hydrogen-bond donors (Lipinski definition) is 1. The highest BCUT2D eigenvalue weighted by Gasteiger charge is 2.18. The molecule has 0 fully saturated rings. The van der Waals surface area contributed by atoms with Gasteiger partial charge in [0.15, 0.2) is 0 Å².